The van der Waals surface area contributed by atoms with Gasteiger partial charge in [0.15, 0.2) is 11.6 Å². The molecular formula is C30H46O4. The topological polar surface area (TPSA) is 55.9 Å². The molecular weight excluding hydrogens is 424 g/mol. The van der Waals surface area contributed by atoms with Gasteiger partial charge < -0.3 is 9.47 Å². The van der Waals surface area contributed by atoms with Crippen molar-refractivity contribution in [1.82, 2.24) is 0 Å². The number of hydrogen-bond acceptors (Lipinski definition) is 4. The normalized spacial score (nSPS) is 46.0. The minimum absolute atomic E-state index is 0.00615. The van der Waals surface area contributed by atoms with Crippen LogP contribution in [0.5, 0.6) is 0 Å². The predicted molar refractivity (Wildman–Crippen MR) is 133 cm³/mol. The van der Waals surface area contributed by atoms with Crippen LogP contribution in [0.4, 0.5) is 0 Å². The standard InChI is InChI=1S/C30H46O4/c1-16(2)15-18-20-22(31)27(5,6)25(32)28(7,8)23(20)33-24-21-17(26(21,3)4)11-14-30(10)19(34-30)12-13-29(18,24)9/h16-19,21,24H,11-15H2,1-10H3/t17-,18-,19+,21+,24-,29-,30+/m0/s1. The largest absolute Gasteiger partial charge is 0.492 e. The van der Waals surface area contributed by atoms with E-state index in [4.69, 9.17) is 9.47 Å². The molecule has 0 unspecified atom stereocenters. The van der Waals surface area contributed by atoms with Gasteiger partial charge in [0.1, 0.15) is 11.9 Å². The van der Waals surface area contributed by atoms with E-state index in [0.29, 0.717) is 29.6 Å². The van der Waals surface area contributed by atoms with Gasteiger partial charge in [-0.2, -0.15) is 0 Å². The zero-order valence-corrected chi connectivity index (χ0v) is 23.1. The molecule has 4 heteroatoms. The van der Waals surface area contributed by atoms with E-state index >= 15 is 0 Å². The third-order valence-corrected chi connectivity index (χ3v) is 10.9. The van der Waals surface area contributed by atoms with Crippen molar-refractivity contribution in [3.05, 3.63) is 11.3 Å². The molecule has 1 saturated heterocycles. The zero-order chi connectivity index (χ0) is 25.2. The molecule has 0 aromatic rings. The van der Waals surface area contributed by atoms with Crippen molar-refractivity contribution in [2.24, 2.45) is 45.3 Å². The van der Waals surface area contributed by atoms with Gasteiger partial charge in [0.25, 0.3) is 0 Å². The lowest BCUT2D eigenvalue weighted by Crippen LogP contribution is -2.58. The lowest BCUT2D eigenvalue weighted by atomic mass is 9.53. The molecule has 0 N–H and O–H groups in total. The van der Waals surface area contributed by atoms with E-state index in [-0.39, 0.29) is 40.0 Å². The first-order chi connectivity index (χ1) is 15.5. The fraction of sp³-hybridized carbons (Fsp3) is 0.867. The Balaban J connectivity index is 1.69. The van der Waals surface area contributed by atoms with Crippen LogP contribution in [0.1, 0.15) is 101 Å². The number of ketones is 2. The summed E-state index contributed by atoms with van der Waals surface area (Å²) in [7, 11) is 0. The molecule has 0 bridgehead atoms. The minimum atomic E-state index is -1.01. The second-order valence-electron chi connectivity index (χ2n) is 14.8. The first-order valence-corrected chi connectivity index (χ1v) is 13.7. The van der Waals surface area contributed by atoms with E-state index in [2.05, 4.69) is 41.5 Å². The summed E-state index contributed by atoms with van der Waals surface area (Å²) in [6, 6.07) is 0. The molecule has 2 saturated carbocycles. The summed E-state index contributed by atoms with van der Waals surface area (Å²) < 4.78 is 13.3. The molecule has 0 aromatic carbocycles. The molecule has 0 amide bonds. The summed E-state index contributed by atoms with van der Waals surface area (Å²) in [5.74, 6) is 2.26. The van der Waals surface area contributed by atoms with Gasteiger partial charge in [0.05, 0.1) is 22.5 Å². The number of epoxide rings is 1. The van der Waals surface area contributed by atoms with E-state index in [0.717, 1.165) is 37.7 Å². The Labute approximate surface area is 206 Å². The van der Waals surface area contributed by atoms with Crippen molar-refractivity contribution in [2.75, 3.05) is 0 Å². The summed E-state index contributed by atoms with van der Waals surface area (Å²) in [5, 5.41) is 0. The van der Waals surface area contributed by atoms with Crippen molar-refractivity contribution in [1.29, 1.82) is 0 Å². The van der Waals surface area contributed by atoms with Crippen LogP contribution >= 0.6 is 0 Å². The molecule has 3 fully saturated rings. The zero-order valence-electron chi connectivity index (χ0n) is 23.1. The number of carbonyl (C=O) groups excluding carboxylic acids is 2. The van der Waals surface area contributed by atoms with E-state index < -0.39 is 10.8 Å². The van der Waals surface area contributed by atoms with E-state index in [1.165, 1.54) is 0 Å². The minimum Gasteiger partial charge on any atom is -0.492 e. The lowest BCUT2D eigenvalue weighted by molar-refractivity contribution is -0.155. The third-order valence-electron chi connectivity index (χ3n) is 10.9. The number of ether oxygens (including phenoxy) is 2. The summed E-state index contributed by atoms with van der Waals surface area (Å²) in [6.45, 7) is 21.6. The first kappa shape index (κ1) is 24.5. The van der Waals surface area contributed by atoms with E-state index in [1.807, 2.05) is 27.7 Å². The Morgan fingerprint density at radius 1 is 0.912 bits per heavy atom. The fourth-order valence-electron chi connectivity index (χ4n) is 8.44. The summed E-state index contributed by atoms with van der Waals surface area (Å²) in [6.07, 6.45) is 5.58. The van der Waals surface area contributed by atoms with Gasteiger partial charge in [0.2, 0.25) is 0 Å². The third kappa shape index (κ3) is 3.12. The number of rotatable bonds is 2. The SMILES string of the molecule is CC(C)C[C@H]1C2=C(O[C@H]3[C@H]4[C@H](CC[C@@]5(C)O[C@@H]5CC[C@@]13C)C4(C)C)C(C)(C)C(=O)C(C)(C)C2=O. The molecule has 3 aliphatic carbocycles. The number of carbonyl (C=O) groups is 2. The molecule has 2 aliphatic heterocycles. The number of Topliss-reactive ketones (excluding diaryl/α,β-unsaturated/α-hetero) is 2. The van der Waals surface area contributed by atoms with Crippen LogP contribution in [-0.4, -0.2) is 29.4 Å². The van der Waals surface area contributed by atoms with Crippen molar-refractivity contribution >= 4 is 11.6 Å². The summed E-state index contributed by atoms with van der Waals surface area (Å²) >= 11 is 0. The number of hydrogen-bond donors (Lipinski definition) is 0. The van der Waals surface area contributed by atoms with Crippen molar-refractivity contribution < 1.29 is 19.1 Å². The maximum Gasteiger partial charge on any atom is 0.175 e. The molecule has 5 aliphatic rings. The van der Waals surface area contributed by atoms with Gasteiger partial charge in [0, 0.05) is 16.9 Å². The molecule has 4 nitrogen and oxygen atoms in total. The monoisotopic (exact) mass is 470 g/mol. The summed E-state index contributed by atoms with van der Waals surface area (Å²) in [4.78, 5) is 27.6. The van der Waals surface area contributed by atoms with Crippen molar-refractivity contribution in [3.63, 3.8) is 0 Å². The Bertz CT molecular complexity index is 968. The van der Waals surface area contributed by atoms with Gasteiger partial charge >= 0.3 is 0 Å². The molecule has 5 rings (SSSR count). The van der Waals surface area contributed by atoms with Gasteiger partial charge in [-0.1, -0.05) is 34.6 Å². The lowest BCUT2D eigenvalue weighted by Gasteiger charge is -2.55. The first-order valence-electron chi connectivity index (χ1n) is 13.7. The van der Waals surface area contributed by atoms with Gasteiger partial charge in [-0.15, -0.1) is 0 Å². The second-order valence-corrected chi connectivity index (χ2v) is 14.8. The highest BCUT2D eigenvalue weighted by molar-refractivity contribution is 6.19. The molecule has 0 aromatic heterocycles. The molecule has 190 valence electrons. The van der Waals surface area contributed by atoms with Crippen molar-refractivity contribution in [2.45, 2.75) is 119 Å². The van der Waals surface area contributed by atoms with Crippen LogP contribution < -0.4 is 0 Å². The smallest absolute Gasteiger partial charge is 0.175 e. The van der Waals surface area contributed by atoms with Crippen LogP contribution in [-0.2, 0) is 19.1 Å². The summed E-state index contributed by atoms with van der Waals surface area (Å²) in [5.41, 5.74) is -0.911. The van der Waals surface area contributed by atoms with Gasteiger partial charge in [-0.25, -0.2) is 0 Å². The fourth-order valence-corrected chi connectivity index (χ4v) is 8.44. The molecule has 2 heterocycles. The average Bonchev–Trinajstić information content (AvgIpc) is 3.54. The van der Waals surface area contributed by atoms with Gasteiger partial charge in [-0.05, 0) is 89.9 Å². The van der Waals surface area contributed by atoms with E-state index in [1.54, 1.807) is 0 Å². The van der Waals surface area contributed by atoms with Crippen LogP contribution in [0.25, 0.3) is 0 Å². The Hall–Kier alpha value is -1.16. The van der Waals surface area contributed by atoms with Gasteiger partial charge in [-0.3, -0.25) is 9.59 Å². The molecule has 0 spiro atoms. The molecule has 0 radical (unpaired) electrons. The quantitative estimate of drug-likeness (QED) is 0.341. The highest BCUT2D eigenvalue weighted by Gasteiger charge is 2.70. The Kier molecular flexibility index (Phi) is 5.04. The van der Waals surface area contributed by atoms with Crippen LogP contribution in [0.3, 0.4) is 0 Å². The molecule has 34 heavy (non-hydrogen) atoms. The predicted octanol–water partition coefficient (Wildman–Crippen LogP) is 6.52. The maximum atomic E-state index is 14.0. The van der Waals surface area contributed by atoms with Crippen LogP contribution in [0.15, 0.2) is 11.3 Å². The van der Waals surface area contributed by atoms with Crippen LogP contribution in [0, 0.1) is 45.3 Å². The Morgan fingerprint density at radius 2 is 1.56 bits per heavy atom. The highest BCUT2D eigenvalue weighted by atomic mass is 16.6. The maximum absolute atomic E-state index is 14.0. The Morgan fingerprint density at radius 3 is 2.18 bits per heavy atom. The molecule has 7 atom stereocenters. The van der Waals surface area contributed by atoms with E-state index in [9.17, 15) is 9.59 Å². The number of allylic oxidation sites excluding steroid dienone is 2. The highest BCUT2D eigenvalue weighted by Crippen LogP contribution is 2.70. The van der Waals surface area contributed by atoms with Crippen LogP contribution in [0.2, 0.25) is 0 Å². The van der Waals surface area contributed by atoms with Crippen molar-refractivity contribution in [3.8, 4) is 0 Å². The number of fused-ring (bicyclic) bond motifs is 4. The second kappa shape index (κ2) is 6.99. The average molecular weight is 471 g/mol.